The van der Waals surface area contributed by atoms with Crippen LogP contribution in [0, 0.1) is 5.92 Å². The Hall–Kier alpha value is -3.23. The van der Waals surface area contributed by atoms with E-state index in [9.17, 15) is 19.5 Å². The summed E-state index contributed by atoms with van der Waals surface area (Å²) in [5.41, 5.74) is 3.61. The molecule has 2 atom stereocenters. The van der Waals surface area contributed by atoms with Gasteiger partial charge in [-0.3, -0.25) is 19.3 Å². The summed E-state index contributed by atoms with van der Waals surface area (Å²) in [6.07, 6.45) is 8.18. The number of nitrogens with zero attached hydrogens (tertiary/aromatic N) is 2. The third-order valence-corrected chi connectivity index (χ3v) is 9.76. The molecule has 2 saturated heterocycles. The Morgan fingerprint density at radius 3 is 2.19 bits per heavy atom. The predicted octanol–water partition coefficient (Wildman–Crippen LogP) is 4.64. The number of benzene rings is 2. The smallest absolute Gasteiger partial charge is 0.248 e. The number of piperidine rings is 1. The summed E-state index contributed by atoms with van der Waals surface area (Å²) in [7, 11) is 0. The van der Waals surface area contributed by atoms with E-state index in [1.807, 2.05) is 29.2 Å². The minimum atomic E-state index is -0.829. The maximum atomic E-state index is 13.8. The summed E-state index contributed by atoms with van der Waals surface area (Å²) < 4.78 is 0. The zero-order valence-electron chi connectivity index (χ0n) is 25.8. The Morgan fingerprint density at radius 2 is 1.58 bits per heavy atom. The molecule has 2 heterocycles. The molecule has 43 heavy (non-hydrogen) atoms. The van der Waals surface area contributed by atoms with E-state index in [2.05, 4.69) is 46.7 Å². The lowest BCUT2D eigenvalue weighted by atomic mass is 9.78. The van der Waals surface area contributed by atoms with Crippen molar-refractivity contribution in [2.45, 2.75) is 102 Å². The molecule has 2 aromatic rings. The second-order valence-corrected chi connectivity index (χ2v) is 12.9. The van der Waals surface area contributed by atoms with Crippen molar-refractivity contribution in [3.63, 3.8) is 0 Å². The molecule has 2 aliphatic heterocycles. The van der Waals surface area contributed by atoms with Crippen LogP contribution in [-0.2, 0) is 27.3 Å². The molecule has 1 spiro atoms. The van der Waals surface area contributed by atoms with E-state index in [1.165, 1.54) is 30.0 Å². The van der Waals surface area contributed by atoms with E-state index in [1.54, 1.807) is 0 Å². The number of hydrogen-bond donors (Lipinski definition) is 3. The van der Waals surface area contributed by atoms with Crippen molar-refractivity contribution < 1.29 is 19.5 Å². The fraction of sp³-hybridized carbons (Fsp3) is 0.571. The molecule has 0 radical (unpaired) electrons. The Morgan fingerprint density at radius 1 is 0.977 bits per heavy atom. The quantitative estimate of drug-likeness (QED) is 0.376. The van der Waals surface area contributed by atoms with E-state index >= 15 is 0 Å². The van der Waals surface area contributed by atoms with Crippen LogP contribution in [0.25, 0.3) is 0 Å². The fourth-order valence-corrected chi connectivity index (χ4v) is 7.20. The molecule has 0 bridgehead atoms. The molecule has 1 saturated carbocycles. The van der Waals surface area contributed by atoms with Gasteiger partial charge in [-0.1, -0.05) is 69.0 Å². The first-order valence-electron chi connectivity index (χ1n) is 16.3. The van der Waals surface area contributed by atoms with E-state index in [0.29, 0.717) is 19.4 Å². The minimum Gasteiger partial charge on any atom is -0.390 e. The average molecular weight is 589 g/mol. The van der Waals surface area contributed by atoms with Gasteiger partial charge in [-0.25, -0.2) is 0 Å². The highest BCUT2D eigenvalue weighted by atomic mass is 16.3. The molecule has 2 aromatic carbocycles. The molecule has 3 N–H and O–H groups in total. The molecule has 0 unspecified atom stereocenters. The number of piperazine rings is 1. The van der Waals surface area contributed by atoms with Crippen molar-refractivity contribution in [1.29, 1.82) is 0 Å². The first-order valence-corrected chi connectivity index (χ1v) is 16.3. The number of likely N-dealkylation sites (tertiary alicyclic amines) is 1. The average Bonchev–Trinajstić information content (AvgIpc) is 3.02. The standard InChI is InChI=1S/C35H48N4O4/c1-3-4-20-39-33(42)31(32(41)29-8-6-5-7-9-29)37-34(43)35(39)18-21-38(22-19-35)24-28-12-10-26(11-13-28)23-27-14-16-30(17-15-27)36-25(2)40/h10-17,29,31-32,41H,3-9,18-24H2,1-2H3,(H,36,40)(H,37,43)/t31-,32-/m1/s1. The van der Waals surface area contributed by atoms with Crippen molar-refractivity contribution in [3.8, 4) is 0 Å². The van der Waals surface area contributed by atoms with Crippen LogP contribution in [0.1, 0.15) is 88.3 Å². The highest BCUT2D eigenvalue weighted by Gasteiger charge is 2.55. The van der Waals surface area contributed by atoms with Crippen LogP contribution in [0.15, 0.2) is 48.5 Å². The molecule has 0 aromatic heterocycles. The van der Waals surface area contributed by atoms with Gasteiger partial charge in [0.15, 0.2) is 0 Å². The molecular formula is C35H48N4O4. The number of nitrogens with one attached hydrogen (secondary N) is 2. The summed E-state index contributed by atoms with van der Waals surface area (Å²) in [5, 5.41) is 17.0. The third kappa shape index (κ3) is 7.29. The molecule has 8 heteroatoms. The topological polar surface area (TPSA) is 102 Å². The lowest BCUT2D eigenvalue weighted by molar-refractivity contribution is -0.166. The maximum absolute atomic E-state index is 13.8. The van der Waals surface area contributed by atoms with Gasteiger partial charge in [-0.2, -0.15) is 0 Å². The fourth-order valence-electron chi connectivity index (χ4n) is 7.20. The second kappa shape index (κ2) is 14.0. The molecule has 3 aliphatic rings. The zero-order chi connectivity index (χ0) is 30.4. The van der Waals surface area contributed by atoms with Crippen molar-refractivity contribution in [2.75, 3.05) is 25.0 Å². The molecule has 3 fully saturated rings. The Kier molecular flexibility index (Phi) is 10.2. The number of hydrogen-bond acceptors (Lipinski definition) is 5. The highest BCUT2D eigenvalue weighted by molar-refractivity contribution is 6.00. The SMILES string of the molecule is CCCCN1C(=O)[C@@H]([C@H](O)C2CCCCC2)NC(=O)C12CCN(Cc1ccc(Cc3ccc(NC(C)=O)cc3)cc1)CC2. The van der Waals surface area contributed by atoms with Gasteiger partial charge in [-0.15, -0.1) is 0 Å². The van der Waals surface area contributed by atoms with E-state index in [-0.39, 0.29) is 23.6 Å². The van der Waals surface area contributed by atoms with Crippen LogP contribution in [0.3, 0.4) is 0 Å². The number of unbranched alkanes of at least 4 members (excludes halogenated alkanes) is 1. The number of amides is 3. The van der Waals surface area contributed by atoms with Crippen LogP contribution in [0.4, 0.5) is 5.69 Å². The number of anilines is 1. The first-order chi connectivity index (χ1) is 20.8. The van der Waals surface area contributed by atoms with Gasteiger partial charge in [0.25, 0.3) is 0 Å². The Bertz CT molecular complexity index is 1250. The van der Waals surface area contributed by atoms with E-state index < -0.39 is 17.7 Å². The molecule has 3 amide bonds. The number of aliphatic hydroxyl groups excluding tert-OH is 1. The van der Waals surface area contributed by atoms with Crippen molar-refractivity contribution >= 4 is 23.4 Å². The highest BCUT2D eigenvalue weighted by Crippen LogP contribution is 2.36. The Labute approximate surface area is 256 Å². The molecule has 5 rings (SSSR count). The lowest BCUT2D eigenvalue weighted by Crippen LogP contribution is -2.75. The van der Waals surface area contributed by atoms with Gasteiger partial charge in [0.05, 0.1) is 6.10 Å². The third-order valence-electron chi connectivity index (χ3n) is 9.76. The minimum absolute atomic E-state index is 0.0742. The number of carbonyl (C=O) groups is 3. The van der Waals surface area contributed by atoms with Crippen LogP contribution < -0.4 is 10.6 Å². The predicted molar refractivity (Wildman–Crippen MR) is 168 cm³/mol. The van der Waals surface area contributed by atoms with Gasteiger partial charge in [0.1, 0.15) is 11.6 Å². The van der Waals surface area contributed by atoms with Gasteiger partial charge in [-0.05, 0) is 73.3 Å². The van der Waals surface area contributed by atoms with Crippen LogP contribution >= 0.6 is 0 Å². The van der Waals surface area contributed by atoms with Crippen LogP contribution in [0.5, 0.6) is 0 Å². The molecule has 8 nitrogen and oxygen atoms in total. The molecule has 1 aliphatic carbocycles. The van der Waals surface area contributed by atoms with Crippen LogP contribution in [-0.4, -0.2) is 69.9 Å². The van der Waals surface area contributed by atoms with Gasteiger partial charge < -0.3 is 20.6 Å². The Balaban J connectivity index is 1.19. The molecule has 232 valence electrons. The van der Waals surface area contributed by atoms with Crippen molar-refractivity contribution in [3.05, 3.63) is 65.2 Å². The number of aliphatic hydroxyl groups is 1. The van der Waals surface area contributed by atoms with Gasteiger partial charge >= 0.3 is 0 Å². The summed E-state index contributed by atoms with van der Waals surface area (Å²) in [6.45, 7) is 6.45. The van der Waals surface area contributed by atoms with Crippen molar-refractivity contribution in [1.82, 2.24) is 15.1 Å². The lowest BCUT2D eigenvalue weighted by Gasteiger charge is -2.52. The van der Waals surface area contributed by atoms with Gasteiger partial charge in [0, 0.05) is 38.8 Å². The maximum Gasteiger partial charge on any atom is 0.248 e. The number of rotatable bonds is 10. The monoisotopic (exact) mass is 588 g/mol. The number of carbonyl (C=O) groups excluding carboxylic acids is 3. The normalized spacial score (nSPS) is 21.9. The summed E-state index contributed by atoms with van der Waals surface area (Å²) in [6, 6.07) is 15.8. The van der Waals surface area contributed by atoms with E-state index in [4.69, 9.17) is 0 Å². The molecular weight excluding hydrogens is 540 g/mol. The van der Waals surface area contributed by atoms with Gasteiger partial charge in [0.2, 0.25) is 17.7 Å². The second-order valence-electron chi connectivity index (χ2n) is 12.9. The van der Waals surface area contributed by atoms with Crippen LogP contribution in [0.2, 0.25) is 0 Å². The van der Waals surface area contributed by atoms with Crippen molar-refractivity contribution in [2.24, 2.45) is 5.92 Å². The first kappa shape index (κ1) is 31.2. The largest absolute Gasteiger partial charge is 0.390 e. The van der Waals surface area contributed by atoms with E-state index in [0.717, 1.165) is 70.3 Å². The summed E-state index contributed by atoms with van der Waals surface area (Å²) >= 11 is 0. The summed E-state index contributed by atoms with van der Waals surface area (Å²) in [5.74, 6) is -0.180. The zero-order valence-corrected chi connectivity index (χ0v) is 25.8. The summed E-state index contributed by atoms with van der Waals surface area (Å²) in [4.78, 5) is 43.1.